The number of ether oxygens (including phenoxy) is 1. The monoisotopic (exact) mass is 438 g/mol. The first-order chi connectivity index (χ1) is 14.2. The molecule has 0 saturated carbocycles. The molecule has 0 aromatic carbocycles. The van der Waals surface area contributed by atoms with Gasteiger partial charge in [0.25, 0.3) is 10.0 Å². The van der Waals surface area contributed by atoms with Crippen LogP contribution < -0.4 is 4.74 Å². The van der Waals surface area contributed by atoms with Crippen molar-refractivity contribution in [1.82, 2.24) is 18.8 Å². The number of nitrogens with zero attached hydrogens (tertiary/aromatic N) is 4. The second kappa shape index (κ2) is 8.06. The Balaban J connectivity index is 2.27. The highest BCUT2D eigenvalue weighted by Crippen LogP contribution is 2.32. The molecule has 0 atom stereocenters. The average molecular weight is 438 g/mol. The number of carboxylic acid groups (broad SMARTS) is 1. The van der Waals surface area contributed by atoms with Crippen LogP contribution in [-0.4, -0.2) is 52.6 Å². The predicted molar refractivity (Wildman–Crippen MR) is 100 cm³/mol. The quantitative estimate of drug-likeness (QED) is 0.588. The van der Waals surface area contributed by atoms with E-state index in [2.05, 4.69) is 9.97 Å². The number of aromatic nitrogens is 3. The summed E-state index contributed by atoms with van der Waals surface area (Å²) in [6.45, 7) is -0.468. The molecule has 0 radical (unpaired) electrons. The van der Waals surface area contributed by atoms with Gasteiger partial charge in [-0.2, -0.15) is 12.8 Å². The van der Waals surface area contributed by atoms with Crippen LogP contribution in [0.1, 0.15) is 5.56 Å². The Bertz CT molecular complexity index is 1210. The molecule has 12 heteroatoms. The van der Waals surface area contributed by atoms with E-state index >= 15 is 4.39 Å². The molecule has 9 nitrogen and oxygen atoms in total. The molecule has 158 valence electrons. The van der Waals surface area contributed by atoms with Crippen molar-refractivity contribution >= 4 is 16.1 Å². The lowest BCUT2D eigenvalue weighted by Crippen LogP contribution is -2.24. The van der Waals surface area contributed by atoms with E-state index in [-0.39, 0.29) is 11.3 Å². The Morgan fingerprint density at radius 2 is 2.00 bits per heavy atom. The molecule has 1 N–H and O–H groups in total. The van der Waals surface area contributed by atoms with Crippen LogP contribution in [-0.2, 0) is 16.6 Å². The first-order valence-electron chi connectivity index (χ1n) is 8.37. The van der Waals surface area contributed by atoms with Crippen molar-refractivity contribution in [1.29, 1.82) is 0 Å². The molecule has 30 heavy (non-hydrogen) atoms. The molecule has 0 saturated heterocycles. The molecule has 3 rings (SSSR count). The van der Waals surface area contributed by atoms with Crippen molar-refractivity contribution in [2.45, 2.75) is 11.6 Å². The Morgan fingerprint density at radius 1 is 1.27 bits per heavy atom. The minimum absolute atomic E-state index is 0.191. The third-order valence-corrected chi connectivity index (χ3v) is 5.75. The molecule has 0 bridgehead atoms. The molecule has 0 aliphatic rings. The third kappa shape index (κ3) is 3.81. The topological polar surface area (TPSA) is 115 Å². The summed E-state index contributed by atoms with van der Waals surface area (Å²) in [6, 6.07) is 5.02. The lowest BCUT2D eigenvalue weighted by molar-refractivity contribution is 0.153. The second-order valence-corrected chi connectivity index (χ2v) is 7.89. The highest BCUT2D eigenvalue weighted by atomic mass is 32.2. The maximum atomic E-state index is 15.2. The van der Waals surface area contributed by atoms with Crippen LogP contribution >= 0.6 is 0 Å². The number of hydrogen-bond acceptors (Lipinski definition) is 6. The SMILES string of the molecule is COc1ccnc(S(=O)(=O)n2cc(CN(C)C(=O)O)c(F)c2-c2cccnc2F)c1. The number of methoxy groups -OCH3 is 1. The lowest BCUT2D eigenvalue weighted by Gasteiger charge is -2.11. The fraction of sp³-hybridized carbons (Fsp3) is 0.167. The van der Waals surface area contributed by atoms with E-state index in [1.54, 1.807) is 0 Å². The minimum Gasteiger partial charge on any atom is -0.497 e. The molecular weight excluding hydrogens is 422 g/mol. The van der Waals surface area contributed by atoms with Gasteiger partial charge in [-0.3, -0.25) is 0 Å². The Morgan fingerprint density at radius 3 is 2.63 bits per heavy atom. The molecule has 1 amide bonds. The van der Waals surface area contributed by atoms with Gasteiger partial charge >= 0.3 is 6.09 Å². The minimum atomic E-state index is -4.50. The summed E-state index contributed by atoms with van der Waals surface area (Å²) in [5.74, 6) is -2.00. The van der Waals surface area contributed by atoms with Crippen LogP contribution in [0.5, 0.6) is 5.75 Å². The first kappa shape index (κ1) is 21.2. The molecule has 0 unspecified atom stereocenters. The van der Waals surface area contributed by atoms with E-state index in [4.69, 9.17) is 9.84 Å². The van der Waals surface area contributed by atoms with Crippen LogP contribution in [0.15, 0.2) is 47.9 Å². The number of hydrogen-bond donors (Lipinski definition) is 1. The van der Waals surface area contributed by atoms with Gasteiger partial charge in [-0.15, -0.1) is 0 Å². The highest BCUT2D eigenvalue weighted by Gasteiger charge is 2.30. The van der Waals surface area contributed by atoms with Crippen molar-refractivity contribution in [3.05, 3.63) is 60.2 Å². The normalized spacial score (nSPS) is 11.3. The van der Waals surface area contributed by atoms with E-state index in [1.165, 1.54) is 32.5 Å². The Kier molecular flexibility index (Phi) is 5.69. The molecule has 0 fully saturated rings. The second-order valence-electron chi connectivity index (χ2n) is 6.13. The van der Waals surface area contributed by atoms with Crippen molar-refractivity contribution in [3.8, 4) is 17.0 Å². The third-order valence-electron chi connectivity index (χ3n) is 4.20. The van der Waals surface area contributed by atoms with Crippen molar-refractivity contribution in [3.63, 3.8) is 0 Å². The van der Waals surface area contributed by atoms with Crippen LogP contribution in [0, 0.1) is 11.8 Å². The fourth-order valence-electron chi connectivity index (χ4n) is 2.69. The van der Waals surface area contributed by atoms with Crippen LogP contribution in [0.2, 0.25) is 0 Å². The molecule has 0 aliphatic heterocycles. The number of halogens is 2. The largest absolute Gasteiger partial charge is 0.497 e. The van der Waals surface area contributed by atoms with Crippen molar-refractivity contribution in [2.24, 2.45) is 0 Å². The summed E-state index contributed by atoms with van der Waals surface area (Å²) in [5.41, 5.74) is -1.31. The smallest absolute Gasteiger partial charge is 0.407 e. The van der Waals surface area contributed by atoms with Gasteiger partial charge in [-0.05, 0) is 18.2 Å². The molecule has 3 aromatic rings. The summed E-state index contributed by atoms with van der Waals surface area (Å²) >= 11 is 0. The van der Waals surface area contributed by atoms with Gasteiger partial charge in [0, 0.05) is 37.3 Å². The van der Waals surface area contributed by atoms with Gasteiger partial charge in [0.2, 0.25) is 5.95 Å². The Hall–Kier alpha value is -3.54. The summed E-state index contributed by atoms with van der Waals surface area (Å²) in [6.07, 6.45) is 1.86. The van der Waals surface area contributed by atoms with Gasteiger partial charge in [-0.1, -0.05) is 0 Å². The molecule has 3 heterocycles. The zero-order chi connectivity index (χ0) is 22.1. The number of pyridine rings is 2. The maximum Gasteiger partial charge on any atom is 0.407 e. The van der Waals surface area contributed by atoms with Gasteiger partial charge in [-0.25, -0.2) is 23.1 Å². The average Bonchev–Trinajstić information content (AvgIpc) is 3.05. The van der Waals surface area contributed by atoms with E-state index in [0.717, 1.165) is 29.4 Å². The fourth-order valence-corrected chi connectivity index (χ4v) is 4.04. The summed E-state index contributed by atoms with van der Waals surface area (Å²) in [7, 11) is -1.99. The molecule has 0 aliphatic carbocycles. The van der Waals surface area contributed by atoms with E-state index < -0.39 is 50.7 Å². The number of amides is 1. The molecule has 0 spiro atoms. The van der Waals surface area contributed by atoms with Crippen molar-refractivity contribution < 1.29 is 31.8 Å². The maximum absolute atomic E-state index is 15.2. The first-order valence-corrected chi connectivity index (χ1v) is 9.81. The van der Waals surface area contributed by atoms with E-state index in [0.29, 0.717) is 3.97 Å². The summed E-state index contributed by atoms with van der Waals surface area (Å²) in [5, 5.41) is 8.58. The van der Waals surface area contributed by atoms with Crippen LogP contribution in [0.4, 0.5) is 13.6 Å². The standard InChI is InChI=1S/C18H16F2N4O5S/c1-23(18(25)26)9-11-10-24(16(15(11)19)13-4-3-6-22-17(13)20)30(27,28)14-8-12(29-2)5-7-21-14/h3-8,10H,9H2,1-2H3,(H,25,26). The predicted octanol–water partition coefficient (Wildman–Crippen LogP) is 2.58. The number of rotatable bonds is 6. The van der Waals surface area contributed by atoms with Crippen LogP contribution in [0.3, 0.4) is 0 Å². The van der Waals surface area contributed by atoms with E-state index in [1.807, 2.05) is 0 Å². The lowest BCUT2D eigenvalue weighted by atomic mass is 10.2. The van der Waals surface area contributed by atoms with Gasteiger partial charge in [0.15, 0.2) is 10.8 Å². The number of carbonyl (C=O) groups is 1. The van der Waals surface area contributed by atoms with Gasteiger partial charge in [0.05, 0.1) is 19.2 Å². The molecular formula is C18H16F2N4O5S. The van der Waals surface area contributed by atoms with Crippen molar-refractivity contribution in [2.75, 3.05) is 14.2 Å². The van der Waals surface area contributed by atoms with Crippen LogP contribution in [0.25, 0.3) is 11.3 Å². The van der Waals surface area contributed by atoms with Gasteiger partial charge < -0.3 is 14.7 Å². The zero-order valence-corrected chi connectivity index (χ0v) is 16.6. The summed E-state index contributed by atoms with van der Waals surface area (Å²) < 4.78 is 61.5. The Labute approximate surface area is 170 Å². The molecule has 3 aromatic heterocycles. The van der Waals surface area contributed by atoms with E-state index in [9.17, 15) is 17.6 Å². The zero-order valence-electron chi connectivity index (χ0n) is 15.8. The van der Waals surface area contributed by atoms with Gasteiger partial charge in [0.1, 0.15) is 11.4 Å². The summed E-state index contributed by atoms with van der Waals surface area (Å²) in [4.78, 5) is 19.1. The highest BCUT2D eigenvalue weighted by molar-refractivity contribution is 7.90.